The zero-order valence-corrected chi connectivity index (χ0v) is 22.9. The largest absolute Gasteiger partial charge is 0.332 e. The Kier molecular flexibility index (Phi) is 7.46. The second-order valence-corrected chi connectivity index (χ2v) is 12.6. The topological polar surface area (TPSA) is 133 Å². The van der Waals surface area contributed by atoms with E-state index < -0.39 is 20.0 Å². The van der Waals surface area contributed by atoms with Crippen LogP contribution in [0.2, 0.25) is 0 Å². The van der Waals surface area contributed by atoms with Gasteiger partial charge in [0.15, 0.2) is 5.11 Å². The number of aromatic nitrogens is 2. The molecule has 1 aromatic heterocycles. The second kappa shape index (κ2) is 11.0. The van der Waals surface area contributed by atoms with Gasteiger partial charge in [-0.15, -0.1) is 0 Å². The average molecular weight is 581 g/mol. The molecule has 1 aliphatic heterocycles. The van der Waals surface area contributed by atoms with Crippen molar-refractivity contribution in [3.05, 3.63) is 96.8 Å². The van der Waals surface area contributed by atoms with E-state index in [4.69, 9.17) is 12.2 Å². The molecule has 1 aliphatic rings. The molecule has 0 saturated heterocycles. The molecule has 3 aromatic carbocycles. The van der Waals surface area contributed by atoms with Crippen molar-refractivity contribution >= 4 is 60.4 Å². The van der Waals surface area contributed by atoms with Gasteiger partial charge in [-0.05, 0) is 91.3 Å². The number of para-hydroxylation sites is 1. The van der Waals surface area contributed by atoms with E-state index in [1.54, 1.807) is 42.5 Å². The van der Waals surface area contributed by atoms with Gasteiger partial charge in [0.25, 0.3) is 20.0 Å². The molecule has 0 unspecified atom stereocenters. The first kappa shape index (κ1) is 26.5. The lowest BCUT2D eigenvalue weighted by Gasteiger charge is -2.30. The quantitative estimate of drug-likeness (QED) is 0.275. The number of fused-ring (bicyclic) bond motifs is 1. The molecule has 0 spiro atoms. The lowest BCUT2D eigenvalue weighted by atomic mass is 10.0. The predicted molar refractivity (Wildman–Crippen MR) is 155 cm³/mol. The summed E-state index contributed by atoms with van der Waals surface area (Å²) in [7, 11) is -7.56. The molecule has 0 aliphatic carbocycles. The number of nitrogens with zero attached hydrogens (tertiary/aromatic N) is 3. The minimum absolute atomic E-state index is 0.0235. The molecule has 5 rings (SSSR count). The van der Waals surface area contributed by atoms with Crippen LogP contribution in [-0.4, -0.2) is 38.5 Å². The highest BCUT2D eigenvalue weighted by Crippen LogP contribution is 2.32. The third-order valence-corrected chi connectivity index (χ3v) is 9.36. The number of benzene rings is 3. The highest BCUT2D eigenvalue weighted by atomic mass is 32.2. The summed E-state index contributed by atoms with van der Waals surface area (Å²) < 4.78 is 55.5. The molecule has 0 saturated carbocycles. The number of rotatable bonds is 7. The van der Waals surface area contributed by atoms with Gasteiger partial charge in [-0.3, -0.25) is 4.31 Å². The van der Waals surface area contributed by atoms with Crippen LogP contribution < -0.4 is 19.7 Å². The minimum Gasteiger partial charge on any atom is -0.332 e. The van der Waals surface area contributed by atoms with E-state index in [1.165, 1.54) is 28.8 Å². The SMILES string of the molecule is O=S(=O)(Nc1ncccn1)c1ccc(NC(=S)Nc2ccc(S(=O)(=O)N3CCCc4ccccc43)cc2)cc1. The zero-order chi connectivity index (χ0) is 27.5. The lowest BCUT2D eigenvalue weighted by molar-refractivity contribution is 0.586. The molecule has 0 radical (unpaired) electrons. The van der Waals surface area contributed by atoms with E-state index in [0.29, 0.717) is 17.9 Å². The molecule has 13 heteroatoms. The third-order valence-electron chi connectivity index (χ3n) is 5.98. The molecular weight excluding hydrogens is 557 g/mol. The van der Waals surface area contributed by atoms with Crippen molar-refractivity contribution in [3.63, 3.8) is 0 Å². The lowest BCUT2D eigenvalue weighted by Crippen LogP contribution is -2.35. The van der Waals surface area contributed by atoms with Crippen LogP contribution in [0, 0.1) is 0 Å². The van der Waals surface area contributed by atoms with Crippen molar-refractivity contribution in [1.82, 2.24) is 9.97 Å². The van der Waals surface area contributed by atoms with Gasteiger partial charge in [-0.2, -0.15) is 0 Å². The molecule has 3 N–H and O–H groups in total. The monoisotopic (exact) mass is 580 g/mol. The van der Waals surface area contributed by atoms with Gasteiger partial charge in [-0.1, -0.05) is 18.2 Å². The van der Waals surface area contributed by atoms with Crippen LogP contribution in [0.4, 0.5) is 23.0 Å². The average Bonchev–Trinajstić information content (AvgIpc) is 2.93. The molecule has 0 bridgehead atoms. The predicted octanol–water partition coefficient (Wildman–Crippen LogP) is 4.23. The Hall–Kier alpha value is -4.07. The molecule has 0 fully saturated rings. The summed E-state index contributed by atoms with van der Waals surface area (Å²) in [4.78, 5) is 7.95. The van der Waals surface area contributed by atoms with Crippen LogP contribution in [0.15, 0.2) is 101 Å². The van der Waals surface area contributed by atoms with Crippen LogP contribution in [0.25, 0.3) is 0 Å². The number of anilines is 4. The summed E-state index contributed by atoms with van der Waals surface area (Å²) in [6, 6.07) is 21.5. The first-order chi connectivity index (χ1) is 18.7. The van der Waals surface area contributed by atoms with Crippen molar-refractivity contribution in [2.75, 3.05) is 26.2 Å². The third kappa shape index (κ3) is 6.00. The molecule has 0 atom stereocenters. The summed E-state index contributed by atoms with van der Waals surface area (Å²) in [5.41, 5.74) is 2.90. The van der Waals surface area contributed by atoms with Crippen molar-refractivity contribution in [1.29, 1.82) is 0 Å². The van der Waals surface area contributed by atoms with E-state index in [2.05, 4.69) is 25.3 Å². The van der Waals surface area contributed by atoms with E-state index in [1.807, 2.05) is 24.3 Å². The smallest absolute Gasteiger partial charge is 0.264 e. The molecule has 10 nitrogen and oxygen atoms in total. The molecule has 2 heterocycles. The maximum Gasteiger partial charge on any atom is 0.264 e. The maximum absolute atomic E-state index is 13.3. The first-order valence-electron chi connectivity index (χ1n) is 11.9. The highest BCUT2D eigenvalue weighted by Gasteiger charge is 2.28. The van der Waals surface area contributed by atoms with E-state index in [-0.39, 0.29) is 20.9 Å². The molecule has 39 heavy (non-hydrogen) atoms. The van der Waals surface area contributed by atoms with Crippen molar-refractivity contribution in [2.24, 2.45) is 0 Å². The fourth-order valence-corrected chi connectivity index (χ4v) is 6.86. The summed E-state index contributed by atoms with van der Waals surface area (Å²) in [5, 5.41) is 6.24. The molecular formula is C26H24N6O4S3. The highest BCUT2D eigenvalue weighted by molar-refractivity contribution is 7.93. The number of nitrogens with one attached hydrogen (secondary N) is 3. The maximum atomic E-state index is 13.3. The van der Waals surface area contributed by atoms with Crippen LogP contribution in [0.5, 0.6) is 0 Å². The van der Waals surface area contributed by atoms with Crippen LogP contribution in [0.3, 0.4) is 0 Å². The Morgan fingerprint density at radius 2 is 1.36 bits per heavy atom. The summed E-state index contributed by atoms with van der Waals surface area (Å²) >= 11 is 5.37. The molecule has 200 valence electrons. The normalized spacial score (nSPS) is 13.3. The number of sulfonamides is 2. The summed E-state index contributed by atoms with van der Waals surface area (Å²) in [6.45, 7) is 0.434. The van der Waals surface area contributed by atoms with E-state index >= 15 is 0 Å². The number of thiocarbonyl (C=S) groups is 1. The van der Waals surface area contributed by atoms with Gasteiger partial charge < -0.3 is 10.6 Å². The minimum atomic E-state index is -3.85. The Balaban J connectivity index is 1.22. The Morgan fingerprint density at radius 1 is 0.769 bits per heavy atom. The van der Waals surface area contributed by atoms with Gasteiger partial charge in [0.05, 0.1) is 15.5 Å². The number of aryl methyl sites for hydroxylation is 1. The fraction of sp³-hybridized carbons (Fsp3) is 0.115. The standard InChI is InChI=1S/C26H24N6O4S3/c33-38(34,31-25-27-16-4-17-28-25)22-12-8-20(9-13-22)29-26(37)30-21-10-14-23(15-11-21)39(35,36)32-18-3-6-19-5-1-2-7-24(19)32/h1-2,4-5,7-17H,3,6,18H2,(H,27,28,31)(H2,29,30,37). The Labute approximate surface area is 232 Å². The van der Waals surface area contributed by atoms with Crippen molar-refractivity contribution in [2.45, 2.75) is 22.6 Å². The fourth-order valence-electron chi connectivity index (χ4n) is 4.13. The first-order valence-corrected chi connectivity index (χ1v) is 15.2. The zero-order valence-electron chi connectivity index (χ0n) is 20.5. The van der Waals surface area contributed by atoms with Gasteiger partial charge in [0.1, 0.15) is 0 Å². The Bertz CT molecular complexity index is 1700. The number of hydrogen-bond donors (Lipinski definition) is 3. The van der Waals surface area contributed by atoms with E-state index in [0.717, 1.165) is 24.1 Å². The van der Waals surface area contributed by atoms with Gasteiger partial charge >= 0.3 is 0 Å². The summed E-state index contributed by atoms with van der Waals surface area (Å²) in [5.74, 6) is -0.0235. The summed E-state index contributed by atoms with van der Waals surface area (Å²) in [6.07, 6.45) is 4.49. The molecule has 0 amide bonds. The van der Waals surface area contributed by atoms with Crippen molar-refractivity contribution in [3.8, 4) is 0 Å². The van der Waals surface area contributed by atoms with Crippen LogP contribution in [-0.2, 0) is 26.5 Å². The van der Waals surface area contributed by atoms with Crippen molar-refractivity contribution < 1.29 is 16.8 Å². The Morgan fingerprint density at radius 3 is 2.00 bits per heavy atom. The van der Waals surface area contributed by atoms with Crippen LogP contribution >= 0.6 is 12.2 Å². The van der Waals surface area contributed by atoms with Crippen LogP contribution in [0.1, 0.15) is 12.0 Å². The van der Waals surface area contributed by atoms with Gasteiger partial charge in [-0.25, -0.2) is 31.5 Å². The second-order valence-electron chi connectivity index (χ2n) is 8.62. The van der Waals surface area contributed by atoms with Gasteiger partial charge in [0, 0.05) is 30.3 Å². The van der Waals surface area contributed by atoms with Gasteiger partial charge in [0.2, 0.25) is 5.95 Å². The number of hydrogen-bond acceptors (Lipinski definition) is 7. The van der Waals surface area contributed by atoms with E-state index in [9.17, 15) is 16.8 Å². The molecule has 4 aromatic rings.